The van der Waals surface area contributed by atoms with Gasteiger partial charge in [-0.2, -0.15) is 0 Å². The number of morpholine rings is 1. The van der Waals surface area contributed by atoms with Gasteiger partial charge in [-0.1, -0.05) is 6.07 Å². The highest BCUT2D eigenvalue weighted by molar-refractivity contribution is 7.80. The number of pyridine rings is 1. The van der Waals surface area contributed by atoms with Gasteiger partial charge in [-0.3, -0.25) is 9.88 Å². The van der Waals surface area contributed by atoms with Crippen molar-refractivity contribution in [1.82, 2.24) is 24.7 Å². The molecule has 1 aliphatic carbocycles. The fourth-order valence-corrected chi connectivity index (χ4v) is 5.60. The van der Waals surface area contributed by atoms with Gasteiger partial charge in [0.15, 0.2) is 5.11 Å². The molecule has 0 spiro atoms. The van der Waals surface area contributed by atoms with Crippen LogP contribution in [0.3, 0.4) is 0 Å². The zero-order valence-corrected chi connectivity index (χ0v) is 19.4. The van der Waals surface area contributed by atoms with E-state index in [1.165, 1.54) is 29.8 Å². The van der Waals surface area contributed by atoms with Crippen molar-refractivity contribution in [3.63, 3.8) is 0 Å². The van der Waals surface area contributed by atoms with Crippen LogP contribution in [0.4, 0.5) is 0 Å². The van der Waals surface area contributed by atoms with Crippen LogP contribution in [-0.4, -0.2) is 63.9 Å². The van der Waals surface area contributed by atoms with Crippen molar-refractivity contribution in [2.24, 2.45) is 0 Å². The number of thiocarbonyl (C=S) groups is 1. The minimum Gasteiger partial charge on any atom is -0.379 e. The second-order valence-corrected chi connectivity index (χ2v) is 9.44. The number of hydrogen-bond donors (Lipinski definition) is 1. The lowest BCUT2D eigenvalue weighted by molar-refractivity contribution is 0.0365. The first-order valence-corrected chi connectivity index (χ1v) is 12.0. The highest BCUT2D eigenvalue weighted by Gasteiger charge is 2.41. The Kier molecular flexibility index (Phi) is 5.99. The first kappa shape index (κ1) is 20.9. The van der Waals surface area contributed by atoms with E-state index in [0.29, 0.717) is 6.04 Å². The van der Waals surface area contributed by atoms with Crippen LogP contribution >= 0.6 is 12.2 Å². The van der Waals surface area contributed by atoms with Crippen LogP contribution < -0.4 is 5.32 Å². The maximum atomic E-state index is 5.86. The van der Waals surface area contributed by atoms with Crippen LogP contribution in [0.5, 0.6) is 0 Å². The molecular weight excluding hydrogens is 406 g/mol. The molecule has 2 aromatic heterocycles. The Labute approximate surface area is 190 Å². The lowest BCUT2D eigenvalue weighted by Crippen LogP contribution is -2.39. The molecule has 0 radical (unpaired) electrons. The van der Waals surface area contributed by atoms with E-state index >= 15 is 0 Å². The summed E-state index contributed by atoms with van der Waals surface area (Å²) in [5, 5.41) is 4.46. The zero-order valence-electron chi connectivity index (χ0n) is 18.6. The second-order valence-electron chi connectivity index (χ2n) is 9.06. The summed E-state index contributed by atoms with van der Waals surface area (Å²) < 4.78 is 8.03. The third kappa shape index (κ3) is 4.23. The molecule has 1 N–H and O–H groups in total. The van der Waals surface area contributed by atoms with Crippen LogP contribution in [0.2, 0.25) is 0 Å². The van der Waals surface area contributed by atoms with Crippen LogP contribution in [0, 0.1) is 13.8 Å². The summed E-state index contributed by atoms with van der Waals surface area (Å²) in [6.07, 6.45) is 5.56. The molecule has 3 fully saturated rings. The summed E-state index contributed by atoms with van der Waals surface area (Å²) >= 11 is 5.86. The fourth-order valence-electron chi connectivity index (χ4n) is 5.27. The lowest BCUT2D eigenvalue weighted by atomic mass is 9.96. The molecule has 3 aliphatic rings. The number of nitrogens with zero attached hydrogens (tertiary/aromatic N) is 4. The lowest BCUT2D eigenvalue weighted by Gasteiger charge is -2.30. The molecule has 0 unspecified atom stereocenters. The number of aromatic nitrogens is 2. The van der Waals surface area contributed by atoms with Crippen LogP contribution in [0.15, 0.2) is 30.5 Å². The van der Waals surface area contributed by atoms with Gasteiger partial charge >= 0.3 is 0 Å². The van der Waals surface area contributed by atoms with Crippen molar-refractivity contribution in [3.8, 4) is 0 Å². The Morgan fingerprint density at radius 1 is 1.16 bits per heavy atom. The predicted molar refractivity (Wildman–Crippen MR) is 126 cm³/mol. The molecule has 2 aromatic rings. The van der Waals surface area contributed by atoms with Crippen LogP contribution in [0.1, 0.15) is 60.0 Å². The van der Waals surface area contributed by atoms with Crippen LogP contribution in [-0.2, 0) is 4.74 Å². The normalized spacial score (nSPS) is 24.6. The number of hydrogen-bond acceptors (Lipinski definition) is 4. The Morgan fingerprint density at radius 3 is 2.68 bits per heavy atom. The van der Waals surface area contributed by atoms with Crippen molar-refractivity contribution >= 4 is 17.3 Å². The third-order valence-electron chi connectivity index (χ3n) is 6.93. The minimum absolute atomic E-state index is 0.0743. The smallest absolute Gasteiger partial charge is 0.170 e. The fraction of sp³-hybridized carbons (Fsp3) is 0.583. The third-order valence-corrected chi connectivity index (χ3v) is 7.28. The van der Waals surface area contributed by atoms with Gasteiger partial charge in [0.25, 0.3) is 0 Å². The van der Waals surface area contributed by atoms with E-state index in [4.69, 9.17) is 17.0 Å². The largest absolute Gasteiger partial charge is 0.379 e. The van der Waals surface area contributed by atoms with E-state index < -0.39 is 0 Å². The van der Waals surface area contributed by atoms with Gasteiger partial charge in [0.1, 0.15) is 0 Å². The molecule has 1 saturated carbocycles. The highest BCUT2D eigenvalue weighted by Crippen LogP contribution is 2.44. The topological polar surface area (TPSA) is 45.6 Å². The highest BCUT2D eigenvalue weighted by atomic mass is 32.1. The molecule has 2 atom stereocenters. The average molecular weight is 440 g/mol. The molecule has 4 heterocycles. The number of nitrogens with one attached hydrogen (secondary N) is 1. The quantitative estimate of drug-likeness (QED) is 0.666. The molecular formula is C24H33N5OS. The zero-order chi connectivity index (χ0) is 21.4. The number of rotatable bonds is 7. The van der Waals surface area contributed by atoms with Gasteiger partial charge in [-0.25, -0.2) is 0 Å². The monoisotopic (exact) mass is 439 g/mol. The Bertz CT molecular complexity index is 920. The molecule has 5 rings (SSSR count). The summed E-state index contributed by atoms with van der Waals surface area (Å²) in [5.41, 5.74) is 5.19. The van der Waals surface area contributed by atoms with E-state index in [2.05, 4.69) is 56.7 Å². The van der Waals surface area contributed by atoms with Crippen molar-refractivity contribution in [3.05, 3.63) is 53.1 Å². The van der Waals surface area contributed by atoms with E-state index in [0.717, 1.165) is 56.6 Å². The average Bonchev–Trinajstić information content (AvgIpc) is 3.51. The summed E-state index contributed by atoms with van der Waals surface area (Å²) in [5.74, 6) is 0. The Morgan fingerprint density at radius 2 is 1.97 bits per heavy atom. The maximum Gasteiger partial charge on any atom is 0.170 e. The predicted octanol–water partition coefficient (Wildman–Crippen LogP) is 3.53. The summed E-state index contributed by atoms with van der Waals surface area (Å²) in [7, 11) is 0. The number of ether oxygens (including phenoxy) is 1. The molecule has 0 aromatic carbocycles. The first-order valence-electron chi connectivity index (χ1n) is 11.6. The van der Waals surface area contributed by atoms with E-state index in [1.807, 2.05) is 12.3 Å². The number of aryl methyl sites for hydroxylation is 1. The molecule has 0 bridgehead atoms. The van der Waals surface area contributed by atoms with Crippen LogP contribution in [0.25, 0.3) is 0 Å². The van der Waals surface area contributed by atoms with Gasteiger partial charge in [0.05, 0.1) is 31.0 Å². The molecule has 7 heteroatoms. The molecule has 31 heavy (non-hydrogen) atoms. The van der Waals surface area contributed by atoms with Gasteiger partial charge in [0.2, 0.25) is 0 Å². The van der Waals surface area contributed by atoms with Crippen molar-refractivity contribution in [2.45, 2.75) is 51.2 Å². The minimum atomic E-state index is 0.0743. The van der Waals surface area contributed by atoms with Gasteiger partial charge in [-0.05, 0) is 69.1 Å². The van der Waals surface area contributed by atoms with E-state index in [-0.39, 0.29) is 12.1 Å². The molecule has 2 saturated heterocycles. The van der Waals surface area contributed by atoms with Gasteiger partial charge < -0.3 is 19.5 Å². The summed E-state index contributed by atoms with van der Waals surface area (Å²) in [6, 6.07) is 9.47. The molecule has 6 nitrogen and oxygen atoms in total. The summed E-state index contributed by atoms with van der Waals surface area (Å²) in [4.78, 5) is 9.60. The molecule has 166 valence electrons. The van der Waals surface area contributed by atoms with Crippen molar-refractivity contribution in [2.75, 3.05) is 39.4 Å². The molecule has 0 amide bonds. The Balaban J connectivity index is 1.41. The van der Waals surface area contributed by atoms with Crippen molar-refractivity contribution in [1.29, 1.82) is 0 Å². The first-order chi connectivity index (χ1) is 15.1. The van der Waals surface area contributed by atoms with Crippen molar-refractivity contribution < 1.29 is 4.74 Å². The SMILES string of the molecule is Cc1cc([C@H]2[C@@H](c3ccccn3)NC(=S)N2CCCN2CCOCC2)c(C)n1C1CC1. The molecule has 2 aliphatic heterocycles. The van der Waals surface area contributed by atoms with E-state index in [1.54, 1.807) is 0 Å². The van der Waals surface area contributed by atoms with Gasteiger partial charge in [-0.15, -0.1) is 0 Å². The van der Waals surface area contributed by atoms with Gasteiger partial charge in [0, 0.05) is 49.8 Å². The Hall–Kier alpha value is -1.96. The second kappa shape index (κ2) is 8.88. The summed E-state index contributed by atoms with van der Waals surface area (Å²) in [6.45, 7) is 10.3. The van der Waals surface area contributed by atoms with E-state index in [9.17, 15) is 0 Å². The standard InChI is InChI=1S/C24H33N5OS/c1-17-16-20(18(2)29(17)19-7-8-19)23-22(21-6-3-4-9-25-21)26-24(31)28(23)11-5-10-27-12-14-30-15-13-27/h3-4,6,9,16,19,22-23H,5,7-8,10-15H2,1-2H3,(H,26,31)/t22-,23+/m1/s1. The maximum absolute atomic E-state index is 5.86.